The number of carbonyl (C=O) groups is 1. The largest absolute Gasteiger partial charge is 0.402 e. The number of halogens is 4. The Bertz CT molecular complexity index is 1220. The van der Waals surface area contributed by atoms with Crippen molar-refractivity contribution >= 4 is 27.4 Å². The molecule has 0 heterocycles. The lowest BCUT2D eigenvalue weighted by atomic mass is 10.0. The smallest absolute Gasteiger partial charge is 0.307 e. The van der Waals surface area contributed by atoms with Gasteiger partial charge < -0.3 is 10.6 Å². The summed E-state index contributed by atoms with van der Waals surface area (Å²) in [5, 5.41) is 4.74. The molecule has 0 radical (unpaired) electrons. The van der Waals surface area contributed by atoms with Gasteiger partial charge in [-0.1, -0.05) is 48.5 Å². The number of para-hydroxylation sites is 1. The van der Waals surface area contributed by atoms with Crippen LogP contribution in [0.4, 0.5) is 33.7 Å². The Labute approximate surface area is 181 Å². The molecule has 2 amide bonds. The molecule has 0 aliphatic rings. The summed E-state index contributed by atoms with van der Waals surface area (Å²) in [6, 6.07) is 16.6. The number of hydrogen-bond donors (Lipinski definition) is 3. The zero-order chi connectivity index (χ0) is 23.4. The SMILES string of the molecule is O=C(Nc1ccccc1F)Nc1cc(S(=O)(=O)NCC(F)(F)F)ccc1-c1ccccc1. The highest BCUT2D eigenvalue weighted by Gasteiger charge is 2.30. The van der Waals surface area contributed by atoms with E-state index in [1.165, 1.54) is 29.0 Å². The lowest BCUT2D eigenvalue weighted by Gasteiger charge is -2.15. The molecule has 3 N–H and O–H groups in total. The number of alkyl halides is 3. The maximum atomic E-state index is 13.8. The van der Waals surface area contributed by atoms with Gasteiger partial charge >= 0.3 is 12.2 Å². The van der Waals surface area contributed by atoms with E-state index < -0.39 is 39.5 Å². The Kier molecular flexibility index (Phi) is 6.80. The van der Waals surface area contributed by atoms with E-state index in [9.17, 15) is 30.8 Å². The molecular weight excluding hydrogens is 450 g/mol. The number of urea groups is 1. The van der Waals surface area contributed by atoms with Crippen LogP contribution in [0.5, 0.6) is 0 Å². The summed E-state index contributed by atoms with van der Waals surface area (Å²) in [4.78, 5) is 11.9. The van der Waals surface area contributed by atoms with Crippen molar-refractivity contribution in [2.45, 2.75) is 11.1 Å². The Morgan fingerprint density at radius 1 is 0.844 bits per heavy atom. The van der Waals surface area contributed by atoms with E-state index >= 15 is 0 Å². The molecule has 168 valence electrons. The van der Waals surface area contributed by atoms with E-state index in [-0.39, 0.29) is 11.4 Å². The second-order valence-electron chi connectivity index (χ2n) is 6.57. The van der Waals surface area contributed by atoms with Gasteiger partial charge in [-0.3, -0.25) is 0 Å². The van der Waals surface area contributed by atoms with Gasteiger partial charge in [-0.2, -0.15) is 13.2 Å². The van der Waals surface area contributed by atoms with Gasteiger partial charge in [0.25, 0.3) is 0 Å². The maximum Gasteiger partial charge on any atom is 0.402 e. The predicted molar refractivity (Wildman–Crippen MR) is 112 cm³/mol. The molecule has 0 spiro atoms. The molecule has 0 saturated heterocycles. The van der Waals surface area contributed by atoms with Crippen LogP contribution in [0.2, 0.25) is 0 Å². The topological polar surface area (TPSA) is 87.3 Å². The van der Waals surface area contributed by atoms with Gasteiger partial charge in [-0.15, -0.1) is 0 Å². The monoisotopic (exact) mass is 467 g/mol. The summed E-state index contributed by atoms with van der Waals surface area (Å²) in [7, 11) is -4.52. The normalized spacial score (nSPS) is 11.8. The number of hydrogen-bond acceptors (Lipinski definition) is 3. The van der Waals surface area contributed by atoms with Crippen molar-refractivity contribution in [1.82, 2.24) is 4.72 Å². The lowest BCUT2D eigenvalue weighted by Crippen LogP contribution is -2.33. The summed E-state index contributed by atoms with van der Waals surface area (Å²) >= 11 is 0. The first kappa shape index (κ1) is 23.2. The van der Waals surface area contributed by atoms with E-state index in [1.807, 2.05) is 0 Å². The Hall–Kier alpha value is -3.44. The van der Waals surface area contributed by atoms with Crippen LogP contribution in [-0.4, -0.2) is 27.2 Å². The van der Waals surface area contributed by atoms with Crippen molar-refractivity contribution in [2.24, 2.45) is 0 Å². The quantitative estimate of drug-likeness (QED) is 0.447. The molecule has 0 bridgehead atoms. The van der Waals surface area contributed by atoms with Crippen molar-refractivity contribution in [3.63, 3.8) is 0 Å². The molecule has 0 aliphatic carbocycles. The first-order valence-electron chi connectivity index (χ1n) is 9.13. The average molecular weight is 467 g/mol. The van der Waals surface area contributed by atoms with Gasteiger partial charge in [0, 0.05) is 5.56 Å². The highest BCUT2D eigenvalue weighted by atomic mass is 32.2. The van der Waals surface area contributed by atoms with Crippen LogP contribution in [0.1, 0.15) is 0 Å². The summed E-state index contributed by atoms with van der Waals surface area (Å²) < 4.78 is 77.3. The minimum Gasteiger partial charge on any atom is -0.307 e. The van der Waals surface area contributed by atoms with Crippen LogP contribution in [0.15, 0.2) is 77.7 Å². The summed E-state index contributed by atoms with van der Waals surface area (Å²) in [5.74, 6) is -0.682. The third-order valence-corrected chi connectivity index (χ3v) is 5.62. The van der Waals surface area contributed by atoms with E-state index in [4.69, 9.17) is 0 Å². The number of benzene rings is 3. The number of amides is 2. The second kappa shape index (κ2) is 9.37. The van der Waals surface area contributed by atoms with Crippen LogP contribution < -0.4 is 15.4 Å². The Balaban J connectivity index is 1.94. The van der Waals surface area contributed by atoms with Gasteiger partial charge in [0.1, 0.15) is 12.4 Å². The third-order valence-electron chi connectivity index (χ3n) is 4.22. The zero-order valence-corrected chi connectivity index (χ0v) is 17.1. The van der Waals surface area contributed by atoms with Crippen molar-refractivity contribution < 1.29 is 30.8 Å². The van der Waals surface area contributed by atoms with Crippen LogP contribution >= 0.6 is 0 Å². The molecule has 6 nitrogen and oxygen atoms in total. The van der Waals surface area contributed by atoms with Crippen LogP contribution in [0, 0.1) is 5.82 Å². The number of nitrogens with one attached hydrogen (secondary N) is 3. The summed E-state index contributed by atoms with van der Waals surface area (Å²) in [5.41, 5.74) is 0.909. The first-order valence-corrected chi connectivity index (χ1v) is 10.6. The van der Waals surface area contributed by atoms with Crippen LogP contribution in [0.3, 0.4) is 0 Å². The van der Waals surface area contributed by atoms with Crippen molar-refractivity contribution in [1.29, 1.82) is 0 Å². The molecule has 0 fully saturated rings. The van der Waals surface area contributed by atoms with Gasteiger partial charge in [0.2, 0.25) is 10.0 Å². The molecule has 0 aromatic heterocycles. The first-order chi connectivity index (χ1) is 15.0. The Morgan fingerprint density at radius 3 is 2.12 bits per heavy atom. The Morgan fingerprint density at radius 2 is 1.47 bits per heavy atom. The van der Waals surface area contributed by atoms with E-state index in [2.05, 4.69) is 10.6 Å². The fourth-order valence-corrected chi connectivity index (χ4v) is 3.80. The fourth-order valence-electron chi connectivity index (χ4n) is 2.76. The van der Waals surface area contributed by atoms with Gasteiger partial charge in [0.05, 0.1) is 16.3 Å². The average Bonchev–Trinajstić information content (AvgIpc) is 2.74. The van der Waals surface area contributed by atoms with Crippen molar-refractivity contribution in [3.8, 4) is 11.1 Å². The number of carbonyl (C=O) groups excluding carboxylic acids is 1. The van der Waals surface area contributed by atoms with E-state index in [0.29, 0.717) is 11.1 Å². The van der Waals surface area contributed by atoms with E-state index in [0.717, 1.165) is 18.2 Å². The van der Waals surface area contributed by atoms with Gasteiger partial charge in [0.15, 0.2) is 0 Å². The van der Waals surface area contributed by atoms with Gasteiger partial charge in [-0.25, -0.2) is 22.3 Å². The maximum absolute atomic E-state index is 13.8. The number of rotatable bonds is 6. The van der Waals surface area contributed by atoms with E-state index in [1.54, 1.807) is 30.3 Å². The number of sulfonamides is 1. The van der Waals surface area contributed by atoms with Crippen molar-refractivity contribution in [2.75, 3.05) is 17.2 Å². The summed E-state index contributed by atoms with van der Waals surface area (Å²) in [6.07, 6.45) is -4.74. The molecule has 0 aliphatic heterocycles. The fraction of sp³-hybridized carbons (Fsp3) is 0.0952. The summed E-state index contributed by atoms with van der Waals surface area (Å²) in [6.45, 7) is -1.74. The molecule has 3 aromatic carbocycles. The second-order valence-corrected chi connectivity index (χ2v) is 8.34. The highest BCUT2D eigenvalue weighted by Crippen LogP contribution is 2.31. The predicted octanol–water partition coefficient (Wildman–Crippen LogP) is 4.98. The minimum atomic E-state index is -4.74. The van der Waals surface area contributed by atoms with Crippen LogP contribution in [-0.2, 0) is 10.0 Å². The standard InChI is InChI=1S/C21H17F4N3O3S/c22-17-8-4-5-9-18(17)27-20(29)28-19-12-15(32(30,31)26-13-21(23,24)25)10-11-16(19)14-6-2-1-3-7-14/h1-12,26H,13H2,(H2,27,28,29). The molecule has 3 rings (SSSR count). The lowest BCUT2D eigenvalue weighted by molar-refractivity contribution is -0.121. The van der Waals surface area contributed by atoms with Gasteiger partial charge in [-0.05, 0) is 29.8 Å². The zero-order valence-electron chi connectivity index (χ0n) is 16.3. The highest BCUT2D eigenvalue weighted by molar-refractivity contribution is 7.89. The molecule has 0 atom stereocenters. The van der Waals surface area contributed by atoms with Crippen molar-refractivity contribution in [3.05, 3.63) is 78.6 Å². The third kappa shape index (κ3) is 6.05. The molecule has 11 heteroatoms. The van der Waals surface area contributed by atoms with Crippen LogP contribution in [0.25, 0.3) is 11.1 Å². The molecule has 0 saturated carbocycles. The molecule has 3 aromatic rings. The minimum absolute atomic E-state index is 0.0000713. The molecule has 0 unspecified atom stereocenters. The number of anilines is 2. The molecular formula is C21H17F4N3O3S. The molecule has 32 heavy (non-hydrogen) atoms.